The largest absolute Gasteiger partial charge is 0.490 e. The van der Waals surface area contributed by atoms with Gasteiger partial charge in [-0.3, -0.25) is 9.69 Å². The fraction of sp³-hybridized carbons (Fsp3) is 0.391. The highest BCUT2D eigenvalue weighted by atomic mass is 16.7. The molecule has 0 saturated carbocycles. The average molecular weight is 441 g/mol. The lowest BCUT2D eigenvalue weighted by Gasteiger charge is -2.25. The van der Waals surface area contributed by atoms with E-state index in [0.717, 1.165) is 35.7 Å². The van der Waals surface area contributed by atoms with Gasteiger partial charge in [0.15, 0.2) is 23.0 Å². The van der Waals surface area contributed by atoms with Crippen LogP contribution in [0.25, 0.3) is 0 Å². The third-order valence-corrected chi connectivity index (χ3v) is 4.97. The van der Waals surface area contributed by atoms with E-state index in [2.05, 4.69) is 10.5 Å². The summed E-state index contributed by atoms with van der Waals surface area (Å²) < 4.78 is 27.7. The van der Waals surface area contributed by atoms with Gasteiger partial charge < -0.3 is 23.7 Å². The van der Waals surface area contributed by atoms with Gasteiger partial charge in [0.05, 0.1) is 32.6 Å². The number of benzene rings is 2. The second-order valence-electron chi connectivity index (χ2n) is 7.30. The van der Waals surface area contributed by atoms with Crippen molar-refractivity contribution in [2.75, 3.05) is 46.2 Å². The highest BCUT2D eigenvalue weighted by Crippen LogP contribution is 2.34. The zero-order valence-corrected chi connectivity index (χ0v) is 18.0. The van der Waals surface area contributed by atoms with E-state index >= 15 is 0 Å². The third-order valence-electron chi connectivity index (χ3n) is 4.97. The molecule has 2 heterocycles. The van der Waals surface area contributed by atoms with E-state index in [1.54, 1.807) is 6.21 Å². The molecule has 2 aromatic rings. The summed E-state index contributed by atoms with van der Waals surface area (Å²) in [5.74, 6) is 2.54. The highest BCUT2D eigenvalue weighted by molar-refractivity contribution is 5.83. The summed E-state index contributed by atoms with van der Waals surface area (Å²) in [5.41, 5.74) is 4.32. The molecule has 9 heteroatoms. The van der Waals surface area contributed by atoms with Crippen molar-refractivity contribution in [2.24, 2.45) is 5.10 Å². The number of ether oxygens (including phenoxy) is 5. The van der Waals surface area contributed by atoms with Crippen LogP contribution in [0.2, 0.25) is 0 Å². The summed E-state index contributed by atoms with van der Waals surface area (Å²) >= 11 is 0. The molecule has 0 aliphatic carbocycles. The summed E-state index contributed by atoms with van der Waals surface area (Å²) in [4.78, 5) is 14.1. The van der Waals surface area contributed by atoms with E-state index in [4.69, 9.17) is 23.7 Å². The van der Waals surface area contributed by atoms with Crippen LogP contribution in [-0.4, -0.2) is 63.3 Å². The van der Waals surface area contributed by atoms with Crippen LogP contribution in [-0.2, 0) is 16.1 Å². The van der Waals surface area contributed by atoms with E-state index in [-0.39, 0.29) is 12.7 Å². The Labute approximate surface area is 186 Å². The predicted molar refractivity (Wildman–Crippen MR) is 118 cm³/mol. The molecule has 0 unspecified atom stereocenters. The number of hydrogen-bond donors (Lipinski definition) is 1. The van der Waals surface area contributed by atoms with Crippen molar-refractivity contribution in [3.05, 3.63) is 47.5 Å². The molecule has 170 valence electrons. The zero-order valence-electron chi connectivity index (χ0n) is 18.0. The first-order valence-corrected chi connectivity index (χ1v) is 10.6. The minimum Gasteiger partial charge on any atom is -0.490 e. The summed E-state index contributed by atoms with van der Waals surface area (Å²) in [5, 5.41) is 4.06. The van der Waals surface area contributed by atoms with Crippen LogP contribution in [0.1, 0.15) is 18.1 Å². The Balaban J connectivity index is 1.33. The minimum atomic E-state index is -0.156. The molecule has 1 amide bonds. The number of rotatable bonds is 9. The topological polar surface area (TPSA) is 90.9 Å². The summed E-state index contributed by atoms with van der Waals surface area (Å²) in [6, 6.07) is 11.2. The second kappa shape index (κ2) is 10.8. The van der Waals surface area contributed by atoms with Gasteiger partial charge in [0.2, 0.25) is 6.79 Å². The van der Waals surface area contributed by atoms with Crippen LogP contribution in [0.3, 0.4) is 0 Å². The van der Waals surface area contributed by atoms with E-state index < -0.39 is 0 Å². The molecule has 0 aromatic heterocycles. The molecule has 2 aliphatic rings. The van der Waals surface area contributed by atoms with Gasteiger partial charge in [-0.15, -0.1) is 0 Å². The number of morpholine rings is 1. The average Bonchev–Trinajstić information content (AvgIpc) is 3.27. The van der Waals surface area contributed by atoms with Crippen molar-refractivity contribution in [1.29, 1.82) is 0 Å². The molecule has 0 radical (unpaired) electrons. The molecule has 32 heavy (non-hydrogen) atoms. The fourth-order valence-electron chi connectivity index (χ4n) is 3.36. The molecule has 4 rings (SSSR count). The van der Waals surface area contributed by atoms with Gasteiger partial charge in [-0.05, 0) is 48.4 Å². The Bertz CT molecular complexity index is 959. The maximum Gasteiger partial charge on any atom is 0.254 e. The molecule has 1 N–H and O–H groups in total. The number of fused-ring (bicyclic) bond motifs is 1. The lowest BCUT2D eigenvalue weighted by molar-refractivity contribution is -0.123. The quantitative estimate of drug-likeness (QED) is 0.471. The standard InChI is InChI=1S/C23H27N3O6/c1-2-29-21-11-17(13-24-25-23(27)14-26-7-9-28-10-8-26)3-5-19(21)30-15-18-4-6-20-22(12-18)32-16-31-20/h3-6,11-13H,2,7-10,14-16H2,1H3,(H,25,27)/b24-13+. The number of amides is 1. The molecule has 2 aromatic carbocycles. The van der Waals surface area contributed by atoms with E-state index in [9.17, 15) is 4.79 Å². The molecule has 9 nitrogen and oxygen atoms in total. The Morgan fingerprint density at radius 3 is 2.78 bits per heavy atom. The van der Waals surface area contributed by atoms with Gasteiger partial charge in [0.1, 0.15) is 6.61 Å². The van der Waals surface area contributed by atoms with Crippen molar-refractivity contribution in [1.82, 2.24) is 10.3 Å². The van der Waals surface area contributed by atoms with Gasteiger partial charge in [0, 0.05) is 13.1 Å². The molecule has 0 bridgehead atoms. The number of carbonyl (C=O) groups is 1. The van der Waals surface area contributed by atoms with Crippen molar-refractivity contribution in [3.8, 4) is 23.0 Å². The number of nitrogens with one attached hydrogen (secondary N) is 1. The van der Waals surface area contributed by atoms with Crippen LogP contribution in [0.15, 0.2) is 41.5 Å². The monoisotopic (exact) mass is 441 g/mol. The van der Waals surface area contributed by atoms with Crippen molar-refractivity contribution < 1.29 is 28.5 Å². The van der Waals surface area contributed by atoms with Crippen LogP contribution in [0.4, 0.5) is 0 Å². The molecule has 0 atom stereocenters. The number of hydrazone groups is 1. The maximum atomic E-state index is 12.0. The normalized spacial score (nSPS) is 15.7. The van der Waals surface area contributed by atoms with Gasteiger partial charge >= 0.3 is 0 Å². The maximum absolute atomic E-state index is 12.0. The Morgan fingerprint density at radius 2 is 1.94 bits per heavy atom. The summed E-state index contributed by atoms with van der Waals surface area (Å²) in [6.07, 6.45) is 1.58. The van der Waals surface area contributed by atoms with Gasteiger partial charge in [0.25, 0.3) is 5.91 Å². The number of nitrogens with zero attached hydrogens (tertiary/aromatic N) is 2. The molecular formula is C23H27N3O6. The minimum absolute atomic E-state index is 0.156. The molecule has 1 fully saturated rings. The van der Waals surface area contributed by atoms with Crippen LogP contribution in [0.5, 0.6) is 23.0 Å². The molecule has 1 saturated heterocycles. The lowest BCUT2D eigenvalue weighted by Crippen LogP contribution is -2.42. The molecule has 0 spiro atoms. The SMILES string of the molecule is CCOc1cc(/C=N/NC(=O)CN2CCOCC2)ccc1OCc1ccc2c(c1)OCO2. The fourth-order valence-corrected chi connectivity index (χ4v) is 3.36. The van der Waals surface area contributed by atoms with Crippen LogP contribution in [0, 0.1) is 0 Å². The summed E-state index contributed by atoms with van der Waals surface area (Å²) in [7, 11) is 0. The first-order chi connectivity index (χ1) is 15.7. The summed E-state index contributed by atoms with van der Waals surface area (Å²) in [6.45, 7) is 6.13. The Hall–Kier alpha value is -3.30. The number of carbonyl (C=O) groups excluding carboxylic acids is 1. The molecule has 2 aliphatic heterocycles. The lowest BCUT2D eigenvalue weighted by atomic mass is 10.2. The zero-order chi connectivity index (χ0) is 22.2. The third kappa shape index (κ3) is 5.89. The Morgan fingerprint density at radius 1 is 1.09 bits per heavy atom. The smallest absolute Gasteiger partial charge is 0.254 e. The van der Waals surface area contributed by atoms with Crippen molar-refractivity contribution in [2.45, 2.75) is 13.5 Å². The van der Waals surface area contributed by atoms with E-state index in [1.807, 2.05) is 48.2 Å². The number of hydrogen-bond acceptors (Lipinski definition) is 8. The van der Waals surface area contributed by atoms with Gasteiger partial charge in [-0.2, -0.15) is 5.10 Å². The van der Waals surface area contributed by atoms with Crippen LogP contribution >= 0.6 is 0 Å². The Kier molecular flexibility index (Phi) is 7.42. The van der Waals surface area contributed by atoms with Crippen molar-refractivity contribution in [3.63, 3.8) is 0 Å². The molecular weight excluding hydrogens is 414 g/mol. The van der Waals surface area contributed by atoms with E-state index in [0.29, 0.717) is 44.5 Å². The van der Waals surface area contributed by atoms with Gasteiger partial charge in [-0.1, -0.05) is 6.07 Å². The predicted octanol–water partition coefficient (Wildman–Crippen LogP) is 2.18. The second-order valence-corrected chi connectivity index (χ2v) is 7.30. The van der Waals surface area contributed by atoms with Crippen molar-refractivity contribution >= 4 is 12.1 Å². The van der Waals surface area contributed by atoms with Crippen LogP contribution < -0.4 is 24.4 Å². The first kappa shape index (κ1) is 21.9. The van der Waals surface area contributed by atoms with Gasteiger partial charge in [-0.25, -0.2) is 5.43 Å². The van der Waals surface area contributed by atoms with E-state index in [1.165, 1.54) is 0 Å². The first-order valence-electron chi connectivity index (χ1n) is 10.6. The highest BCUT2D eigenvalue weighted by Gasteiger charge is 2.15.